The van der Waals surface area contributed by atoms with Gasteiger partial charge in [0.15, 0.2) is 0 Å². The first-order valence-electron chi connectivity index (χ1n) is 8.66. The van der Waals surface area contributed by atoms with Crippen LogP contribution < -0.4 is 4.74 Å². The number of benzene rings is 2. The lowest BCUT2D eigenvalue weighted by Crippen LogP contribution is -2.41. The number of nitrogens with zero attached hydrogens (tertiary/aromatic N) is 2. The molecular weight excluding hydrogens is 336 g/mol. The molecule has 1 fully saturated rings. The molecule has 0 spiro atoms. The molecule has 6 heteroatoms. The molecule has 0 bridgehead atoms. The van der Waals surface area contributed by atoms with E-state index in [1.807, 2.05) is 38.4 Å². The molecule has 25 heavy (non-hydrogen) atoms. The van der Waals surface area contributed by atoms with Gasteiger partial charge in [-0.3, -0.25) is 0 Å². The van der Waals surface area contributed by atoms with Crippen molar-refractivity contribution in [3.05, 3.63) is 36.4 Å². The van der Waals surface area contributed by atoms with E-state index in [2.05, 4.69) is 4.90 Å². The van der Waals surface area contributed by atoms with E-state index in [0.717, 1.165) is 35.8 Å². The average Bonchev–Trinajstić information content (AvgIpc) is 2.87. The summed E-state index contributed by atoms with van der Waals surface area (Å²) in [4.78, 5) is 2.49. The molecule has 1 saturated heterocycles. The van der Waals surface area contributed by atoms with Gasteiger partial charge in [-0.1, -0.05) is 18.6 Å². The summed E-state index contributed by atoms with van der Waals surface area (Å²) >= 11 is 0. The van der Waals surface area contributed by atoms with E-state index >= 15 is 0 Å². The van der Waals surface area contributed by atoms with Crippen LogP contribution in [0.1, 0.15) is 19.3 Å². The molecule has 0 aromatic heterocycles. The number of methoxy groups -OCH3 is 1. The number of ether oxygens (including phenoxy) is 1. The number of likely N-dealkylation sites (N-methyl/N-ethyl adjacent to an activating group) is 1. The first kappa shape index (κ1) is 18.2. The largest absolute Gasteiger partial charge is 0.497 e. The van der Waals surface area contributed by atoms with Crippen LogP contribution in [0.3, 0.4) is 0 Å². The fourth-order valence-electron chi connectivity index (χ4n) is 3.36. The molecule has 2 aromatic carbocycles. The fraction of sp³-hybridized carbons (Fsp3) is 0.474. The van der Waals surface area contributed by atoms with Crippen LogP contribution in [0.25, 0.3) is 10.8 Å². The van der Waals surface area contributed by atoms with Gasteiger partial charge in [-0.2, -0.15) is 4.31 Å². The van der Waals surface area contributed by atoms with Crippen LogP contribution in [0.2, 0.25) is 0 Å². The van der Waals surface area contributed by atoms with Gasteiger partial charge in [0, 0.05) is 19.1 Å². The van der Waals surface area contributed by atoms with Crippen LogP contribution in [0.4, 0.5) is 0 Å². The van der Waals surface area contributed by atoms with Crippen molar-refractivity contribution in [3.8, 4) is 5.75 Å². The Morgan fingerprint density at radius 1 is 1.08 bits per heavy atom. The summed E-state index contributed by atoms with van der Waals surface area (Å²) in [5, 5.41) is 1.88. The molecule has 0 saturated carbocycles. The summed E-state index contributed by atoms with van der Waals surface area (Å²) in [6.07, 6.45) is 3.01. The topological polar surface area (TPSA) is 49.9 Å². The van der Waals surface area contributed by atoms with Crippen molar-refractivity contribution in [2.45, 2.75) is 30.2 Å². The number of hydrogen-bond acceptors (Lipinski definition) is 4. The van der Waals surface area contributed by atoms with Gasteiger partial charge in [0.25, 0.3) is 0 Å². The molecular formula is C19H26N2O3S. The lowest BCUT2D eigenvalue weighted by Gasteiger charge is -2.28. The molecule has 1 heterocycles. The Labute approximate surface area is 150 Å². The Balaban J connectivity index is 1.94. The Morgan fingerprint density at radius 3 is 2.52 bits per heavy atom. The van der Waals surface area contributed by atoms with Gasteiger partial charge in [0.2, 0.25) is 10.0 Å². The van der Waals surface area contributed by atoms with Crippen LogP contribution in [0, 0.1) is 0 Å². The maximum absolute atomic E-state index is 13.2. The minimum absolute atomic E-state index is 0.266. The minimum atomic E-state index is -3.48. The molecule has 1 unspecified atom stereocenters. The lowest BCUT2D eigenvalue weighted by atomic mass is 10.1. The summed E-state index contributed by atoms with van der Waals surface area (Å²) in [6.45, 7) is 1.14. The second-order valence-corrected chi connectivity index (χ2v) is 8.79. The van der Waals surface area contributed by atoms with E-state index in [-0.39, 0.29) is 6.04 Å². The zero-order valence-corrected chi connectivity index (χ0v) is 15.9. The SMILES string of the molecule is COc1ccc2cc(S(=O)(=O)N3CCCCC(N(C)C)C3)ccc2c1. The summed E-state index contributed by atoms with van der Waals surface area (Å²) in [5.74, 6) is 0.768. The van der Waals surface area contributed by atoms with E-state index < -0.39 is 10.0 Å². The Morgan fingerprint density at radius 2 is 1.80 bits per heavy atom. The monoisotopic (exact) mass is 362 g/mol. The maximum Gasteiger partial charge on any atom is 0.243 e. The summed E-state index contributed by atoms with van der Waals surface area (Å²) < 4.78 is 33.2. The van der Waals surface area contributed by atoms with Crippen LogP contribution in [0.5, 0.6) is 5.75 Å². The van der Waals surface area contributed by atoms with E-state index in [9.17, 15) is 8.42 Å². The van der Waals surface area contributed by atoms with Gasteiger partial charge in [-0.05, 0) is 62.0 Å². The first-order chi connectivity index (χ1) is 11.9. The van der Waals surface area contributed by atoms with Gasteiger partial charge in [0.1, 0.15) is 5.75 Å². The number of sulfonamides is 1. The van der Waals surface area contributed by atoms with Gasteiger partial charge in [0.05, 0.1) is 12.0 Å². The highest BCUT2D eigenvalue weighted by atomic mass is 32.2. The third kappa shape index (κ3) is 3.81. The molecule has 5 nitrogen and oxygen atoms in total. The third-order valence-electron chi connectivity index (χ3n) is 5.00. The van der Waals surface area contributed by atoms with E-state index in [0.29, 0.717) is 18.0 Å². The number of hydrogen-bond donors (Lipinski definition) is 0. The molecule has 0 aliphatic carbocycles. The van der Waals surface area contributed by atoms with Gasteiger partial charge in [-0.15, -0.1) is 0 Å². The second-order valence-electron chi connectivity index (χ2n) is 6.85. The highest BCUT2D eigenvalue weighted by Gasteiger charge is 2.29. The molecule has 0 N–H and O–H groups in total. The average molecular weight is 362 g/mol. The molecule has 2 aromatic rings. The first-order valence-corrected chi connectivity index (χ1v) is 10.1. The fourth-order valence-corrected chi connectivity index (χ4v) is 4.92. The van der Waals surface area contributed by atoms with Gasteiger partial charge < -0.3 is 9.64 Å². The minimum Gasteiger partial charge on any atom is -0.497 e. The highest BCUT2D eigenvalue weighted by Crippen LogP contribution is 2.27. The predicted octanol–water partition coefficient (Wildman–Crippen LogP) is 2.95. The van der Waals surface area contributed by atoms with Crippen molar-refractivity contribution in [2.75, 3.05) is 34.3 Å². The van der Waals surface area contributed by atoms with Gasteiger partial charge >= 0.3 is 0 Å². The maximum atomic E-state index is 13.2. The number of fused-ring (bicyclic) bond motifs is 1. The molecule has 1 atom stereocenters. The molecule has 0 amide bonds. The van der Waals surface area contributed by atoms with Crippen LogP contribution in [-0.2, 0) is 10.0 Å². The van der Waals surface area contributed by atoms with E-state index in [1.54, 1.807) is 23.5 Å². The Bertz CT molecular complexity index is 849. The second kappa shape index (κ2) is 7.32. The standard InChI is InChI=1S/C19H26N2O3S/c1-20(2)17-6-4-5-11-21(14-17)25(22,23)19-10-8-15-12-18(24-3)9-7-16(15)13-19/h7-10,12-13,17H,4-6,11,14H2,1-3H3. The van der Waals surface area contributed by atoms with Crippen molar-refractivity contribution in [3.63, 3.8) is 0 Å². The summed E-state index contributed by atoms with van der Waals surface area (Å²) in [5.41, 5.74) is 0. The third-order valence-corrected chi connectivity index (χ3v) is 6.86. The highest BCUT2D eigenvalue weighted by molar-refractivity contribution is 7.89. The van der Waals surface area contributed by atoms with Crippen molar-refractivity contribution in [1.29, 1.82) is 0 Å². The van der Waals surface area contributed by atoms with E-state index in [4.69, 9.17) is 4.74 Å². The Hall–Kier alpha value is -1.63. The van der Waals surface area contributed by atoms with Crippen LogP contribution in [0.15, 0.2) is 41.3 Å². The lowest BCUT2D eigenvalue weighted by molar-refractivity contribution is 0.248. The van der Waals surface area contributed by atoms with Gasteiger partial charge in [-0.25, -0.2) is 8.42 Å². The quantitative estimate of drug-likeness (QED) is 0.839. The smallest absolute Gasteiger partial charge is 0.243 e. The molecule has 136 valence electrons. The molecule has 3 rings (SSSR count). The molecule has 1 aliphatic heterocycles. The van der Waals surface area contributed by atoms with Crippen molar-refractivity contribution in [2.24, 2.45) is 0 Å². The number of rotatable bonds is 4. The zero-order valence-electron chi connectivity index (χ0n) is 15.1. The van der Waals surface area contributed by atoms with E-state index in [1.165, 1.54) is 0 Å². The van der Waals surface area contributed by atoms with Crippen LogP contribution in [-0.4, -0.2) is 58.0 Å². The molecule has 0 radical (unpaired) electrons. The molecule has 1 aliphatic rings. The normalized spacial score (nSPS) is 19.9. The summed E-state index contributed by atoms with van der Waals surface area (Å²) in [6, 6.07) is 11.3. The summed E-state index contributed by atoms with van der Waals surface area (Å²) in [7, 11) is 2.18. The zero-order chi connectivity index (χ0) is 18.0. The van der Waals surface area contributed by atoms with Crippen molar-refractivity contribution < 1.29 is 13.2 Å². The predicted molar refractivity (Wildman–Crippen MR) is 101 cm³/mol. The van der Waals surface area contributed by atoms with Crippen LogP contribution >= 0.6 is 0 Å². The van der Waals surface area contributed by atoms with Crippen molar-refractivity contribution >= 4 is 20.8 Å². The Kier molecular flexibility index (Phi) is 5.32. The van der Waals surface area contributed by atoms with Crippen molar-refractivity contribution in [1.82, 2.24) is 9.21 Å².